The summed E-state index contributed by atoms with van der Waals surface area (Å²) < 4.78 is 6.07. The van der Waals surface area contributed by atoms with E-state index in [-0.39, 0.29) is 0 Å². The number of hydrogen-bond donors (Lipinski definition) is 1. The summed E-state index contributed by atoms with van der Waals surface area (Å²) >= 11 is 0. The lowest BCUT2D eigenvalue weighted by Crippen LogP contribution is -2.39. The highest BCUT2D eigenvalue weighted by atomic mass is 16.3. The molecule has 1 aliphatic heterocycles. The highest BCUT2D eigenvalue weighted by Crippen LogP contribution is 2.25. The largest absolute Gasteiger partial charge is 0.463 e. The summed E-state index contributed by atoms with van der Waals surface area (Å²) in [5.74, 6) is 3.76. The fraction of sp³-hybridized carbons (Fsp3) is 0.778. The van der Waals surface area contributed by atoms with Crippen LogP contribution in [0.1, 0.15) is 57.6 Å². The first-order valence-corrected chi connectivity index (χ1v) is 8.48. The Morgan fingerprint density at radius 1 is 1.38 bits per heavy atom. The molecular weight excluding hydrogens is 260 g/mol. The first-order valence-electron chi connectivity index (χ1n) is 8.48. The Kier molecular flexibility index (Phi) is 5.88. The van der Waals surface area contributed by atoms with E-state index in [0.29, 0.717) is 12.0 Å². The fourth-order valence-corrected chi connectivity index (χ4v) is 3.21. The van der Waals surface area contributed by atoms with Gasteiger partial charge in [-0.2, -0.15) is 0 Å². The van der Waals surface area contributed by atoms with Gasteiger partial charge in [0.2, 0.25) is 0 Å². The molecule has 3 heteroatoms. The molecule has 2 heterocycles. The van der Waals surface area contributed by atoms with Crippen molar-refractivity contribution in [2.75, 3.05) is 13.1 Å². The first-order chi connectivity index (χ1) is 9.95. The van der Waals surface area contributed by atoms with Crippen LogP contribution in [0.15, 0.2) is 10.5 Å². The van der Waals surface area contributed by atoms with Gasteiger partial charge in [-0.05, 0) is 63.2 Å². The molecule has 0 bridgehead atoms. The summed E-state index contributed by atoms with van der Waals surface area (Å²) in [6.45, 7) is 15.4. The Morgan fingerprint density at radius 2 is 2.14 bits per heavy atom. The van der Waals surface area contributed by atoms with Gasteiger partial charge in [-0.25, -0.2) is 0 Å². The predicted octanol–water partition coefficient (Wildman–Crippen LogP) is 3.95. The van der Waals surface area contributed by atoms with Crippen LogP contribution in [-0.4, -0.2) is 24.0 Å². The van der Waals surface area contributed by atoms with E-state index < -0.39 is 0 Å². The first kappa shape index (κ1) is 16.6. The van der Waals surface area contributed by atoms with Gasteiger partial charge in [-0.1, -0.05) is 20.8 Å². The second-order valence-corrected chi connectivity index (χ2v) is 7.29. The van der Waals surface area contributed by atoms with E-state index in [1.807, 2.05) is 0 Å². The van der Waals surface area contributed by atoms with E-state index >= 15 is 0 Å². The van der Waals surface area contributed by atoms with Gasteiger partial charge in [-0.3, -0.25) is 4.90 Å². The average Bonchev–Trinajstić information content (AvgIpc) is 2.73. The van der Waals surface area contributed by atoms with Crippen molar-refractivity contribution in [1.29, 1.82) is 0 Å². The molecule has 3 nitrogen and oxygen atoms in total. The highest BCUT2D eigenvalue weighted by Gasteiger charge is 2.23. The minimum atomic E-state index is 0.668. The quantitative estimate of drug-likeness (QED) is 0.860. The summed E-state index contributed by atoms with van der Waals surface area (Å²) in [5.41, 5.74) is 1.28. The number of rotatable bonds is 6. The van der Waals surface area contributed by atoms with Crippen LogP contribution in [0.5, 0.6) is 0 Å². The van der Waals surface area contributed by atoms with Gasteiger partial charge in [0.1, 0.15) is 11.5 Å². The van der Waals surface area contributed by atoms with Crippen LogP contribution in [0.4, 0.5) is 0 Å². The third-order valence-corrected chi connectivity index (χ3v) is 4.54. The Morgan fingerprint density at radius 3 is 2.81 bits per heavy atom. The Balaban J connectivity index is 1.89. The van der Waals surface area contributed by atoms with Crippen LogP contribution in [0, 0.1) is 18.8 Å². The lowest BCUT2D eigenvalue weighted by molar-refractivity contribution is 0.113. The van der Waals surface area contributed by atoms with Crippen molar-refractivity contribution in [1.82, 2.24) is 10.2 Å². The topological polar surface area (TPSA) is 28.4 Å². The predicted molar refractivity (Wildman–Crippen MR) is 88.3 cm³/mol. The van der Waals surface area contributed by atoms with Crippen molar-refractivity contribution in [3.05, 3.63) is 23.2 Å². The van der Waals surface area contributed by atoms with Crippen LogP contribution in [-0.2, 0) is 13.1 Å². The highest BCUT2D eigenvalue weighted by molar-refractivity contribution is 5.20. The van der Waals surface area contributed by atoms with Gasteiger partial charge < -0.3 is 9.73 Å². The average molecular weight is 292 g/mol. The SMILES string of the molecule is Cc1cc(CN2CCC(C)CC2C)oc1CNCC(C)C. The van der Waals surface area contributed by atoms with Crippen molar-refractivity contribution in [2.24, 2.45) is 11.8 Å². The van der Waals surface area contributed by atoms with Crippen LogP contribution in [0.3, 0.4) is 0 Å². The van der Waals surface area contributed by atoms with Crippen LogP contribution in [0.2, 0.25) is 0 Å². The van der Waals surface area contributed by atoms with Crippen LogP contribution >= 0.6 is 0 Å². The molecule has 1 fully saturated rings. The van der Waals surface area contributed by atoms with Crippen molar-refractivity contribution in [3.8, 4) is 0 Å². The number of aryl methyl sites for hydroxylation is 1. The summed E-state index contributed by atoms with van der Waals surface area (Å²) in [7, 11) is 0. The molecule has 0 aliphatic carbocycles. The van der Waals surface area contributed by atoms with Crippen molar-refractivity contribution in [2.45, 2.75) is 66.6 Å². The fourth-order valence-electron chi connectivity index (χ4n) is 3.21. The molecule has 0 amide bonds. The zero-order chi connectivity index (χ0) is 15.4. The molecular formula is C18H32N2O. The molecule has 0 spiro atoms. The number of likely N-dealkylation sites (tertiary alicyclic amines) is 1. The smallest absolute Gasteiger partial charge is 0.120 e. The summed E-state index contributed by atoms with van der Waals surface area (Å²) in [4.78, 5) is 2.56. The van der Waals surface area contributed by atoms with Gasteiger partial charge in [0.25, 0.3) is 0 Å². The Labute approximate surface area is 130 Å². The molecule has 0 radical (unpaired) electrons. The molecule has 1 aromatic heterocycles. The summed E-state index contributed by atoms with van der Waals surface area (Å²) in [5, 5.41) is 3.47. The maximum Gasteiger partial charge on any atom is 0.120 e. The Hall–Kier alpha value is -0.800. The molecule has 2 rings (SSSR count). The standard InChI is InChI=1S/C18H32N2O/c1-13(2)10-19-11-18-15(4)9-17(21-18)12-20-7-6-14(3)8-16(20)5/h9,13-14,16,19H,6-8,10-12H2,1-5H3. The minimum Gasteiger partial charge on any atom is -0.463 e. The molecule has 120 valence electrons. The van der Waals surface area contributed by atoms with E-state index in [0.717, 1.165) is 37.1 Å². The maximum atomic E-state index is 6.07. The zero-order valence-corrected chi connectivity index (χ0v) is 14.4. The van der Waals surface area contributed by atoms with Gasteiger partial charge in [0.15, 0.2) is 0 Å². The van der Waals surface area contributed by atoms with Gasteiger partial charge in [-0.15, -0.1) is 0 Å². The monoisotopic (exact) mass is 292 g/mol. The van der Waals surface area contributed by atoms with E-state index in [9.17, 15) is 0 Å². The molecule has 1 saturated heterocycles. The van der Waals surface area contributed by atoms with Crippen LogP contribution in [0.25, 0.3) is 0 Å². The molecule has 1 aliphatic rings. The number of nitrogens with zero attached hydrogens (tertiary/aromatic N) is 1. The number of piperidine rings is 1. The van der Waals surface area contributed by atoms with E-state index in [4.69, 9.17) is 4.42 Å². The van der Waals surface area contributed by atoms with E-state index in [1.165, 1.54) is 24.9 Å². The lowest BCUT2D eigenvalue weighted by atomic mass is 9.93. The second-order valence-electron chi connectivity index (χ2n) is 7.29. The van der Waals surface area contributed by atoms with Gasteiger partial charge >= 0.3 is 0 Å². The summed E-state index contributed by atoms with van der Waals surface area (Å²) in [6.07, 6.45) is 2.62. The molecule has 2 atom stereocenters. The van der Waals surface area contributed by atoms with E-state index in [1.54, 1.807) is 0 Å². The van der Waals surface area contributed by atoms with Crippen molar-refractivity contribution >= 4 is 0 Å². The van der Waals surface area contributed by atoms with Gasteiger partial charge in [0.05, 0.1) is 13.1 Å². The normalized spacial score (nSPS) is 23.9. The summed E-state index contributed by atoms with van der Waals surface area (Å²) in [6, 6.07) is 2.89. The third kappa shape index (κ3) is 4.86. The second kappa shape index (κ2) is 7.46. The van der Waals surface area contributed by atoms with E-state index in [2.05, 4.69) is 50.9 Å². The number of furan rings is 1. The number of nitrogens with one attached hydrogen (secondary N) is 1. The maximum absolute atomic E-state index is 6.07. The van der Waals surface area contributed by atoms with Gasteiger partial charge in [0, 0.05) is 6.04 Å². The molecule has 1 N–H and O–H groups in total. The zero-order valence-electron chi connectivity index (χ0n) is 14.4. The minimum absolute atomic E-state index is 0.668. The molecule has 0 saturated carbocycles. The molecule has 1 aromatic rings. The third-order valence-electron chi connectivity index (χ3n) is 4.54. The number of hydrogen-bond acceptors (Lipinski definition) is 3. The van der Waals surface area contributed by atoms with Crippen LogP contribution < -0.4 is 5.32 Å². The molecule has 2 unspecified atom stereocenters. The van der Waals surface area contributed by atoms with Crippen molar-refractivity contribution < 1.29 is 4.42 Å². The molecule has 0 aromatic carbocycles. The van der Waals surface area contributed by atoms with Crippen molar-refractivity contribution in [3.63, 3.8) is 0 Å². The Bertz CT molecular complexity index is 438. The molecule has 21 heavy (non-hydrogen) atoms. The lowest BCUT2D eigenvalue weighted by Gasteiger charge is -2.35.